The van der Waals surface area contributed by atoms with Gasteiger partial charge in [-0.1, -0.05) is 0 Å². The fraction of sp³-hybridized carbons (Fsp3) is 0.280. The normalized spacial score (nSPS) is 30.1. The summed E-state index contributed by atoms with van der Waals surface area (Å²) >= 11 is 4.09. The van der Waals surface area contributed by atoms with E-state index >= 15 is 0 Å². The van der Waals surface area contributed by atoms with Gasteiger partial charge in [-0.3, -0.25) is 9.97 Å². The molecule has 2 nitrogen and oxygen atoms in total. The van der Waals surface area contributed by atoms with E-state index in [2.05, 4.69) is 60.2 Å². The molecule has 1 fully saturated rings. The third kappa shape index (κ3) is 2.39. The van der Waals surface area contributed by atoms with Gasteiger partial charge in [0.05, 0.1) is 9.49 Å². The zero-order valence-corrected chi connectivity index (χ0v) is 18.2. The first-order valence-electron chi connectivity index (χ1n) is 10.2. The van der Waals surface area contributed by atoms with Crippen LogP contribution >= 0.6 is 23.5 Å². The van der Waals surface area contributed by atoms with Crippen molar-refractivity contribution in [3.8, 4) is 0 Å². The molecular weight excluding hydrogens is 392 g/mol. The highest BCUT2D eigenvalue weighted by molar-refractivity contribution is 8.14. The van der Waals surface area contributed by atoms with E-state index in [9.17, 15) is 0 Å². The Morgan fingerprint density at radius 1 is 0.690 bits per heavy atom. The lowest BCUT2D eigenvalue weighted by Crippen LogP contribution is -2.47. The van der Waals surface area contributed by atoms with Crippen molar-refractivity contribution in [3.63, 3.8) is 0 Å². The Bertz CT molecular complexity index is 1050. The van der Waals surface area contributed by atoms with Crippen LogP contribution in [0.3, 0.4) is 0 Å². The minimum Gasteiger partial charge on any atom is -0.265 e. The second-order valence-corrected chi connectivity index (χ2v) is 11.3. The van der Waals surface area contributed by atoms with Crippen molar-refractivity contribution < 1.29 is 0 Å². The molecule has 0 saturated heterocycles. The van der Waals surface area contributed by atoms with Crippen LogP contribution in [-0.2, 0) is 0 Å². The molecule has 0 amide bonds. The van der Waals surface area contributed by atoms with Crippen molar-refractivity contribution in [1.82, 2.24) is 9.97 Å². The Hall–Kier alpha value is -2.04. The van der Waals surface area contributed by atoms with Crippen LogP contribution in [0.2, 0.25) is 0 Å². The minimum atomic E-state index is 0.0278. The first-order valence-corrected chi connectivity index (χ1v) is 11.8. The zero-order valence-electron chi connectivity index (χ0n) is 16.6. The fourth-order valence-corrected chi connectivity index (χ4v) is 8.44. The fourth-order valence-electron chi connectivity index (χ4n) is 5.26. The van der Waals surface area contributed by atoms with Crippen molar-refractivity contribution in [3.05, 3.63) is 94.6 Å². The number of thioether (sulfide) groups is 2. The molecule has 6 rings (SSSR count). The lowest BCUT2D eigenvalue weighted by molar-refractivity contribution is 0.607. The third-order valence-electron chi connectivity index (χ3n) is 6.92. The number of hydrogen-bond acceptors (Lipinski definition) is 4. The number of fused-ring (bicyclic) bond motifs is 4. The van der Waals surface area contributed by atoms with Gasteiger partial charge < -0.3 is 0 Å². The first kappa shape index (κ1) is 17.8. The third-order valence-corrected chi connectivity index (χ3v) is 10.3. The van der Waals surface area contributed by atoms with Crippen molar-refractivity contribution in [2.75, 3.05) is 0 Å². The molecule has 4 aliphatic rings. The molecule has 2 aliphatic carbocycles. The molecule has 144 valence electrons. The van der Waals surface area contributed by atoms with E-state index in [1.54, 1.807) is 22.3 Å². The van der Waals surface area contributed by atoms with Crippen LogP contribution in [0, 0.1) is 0 Å². The molecule has 2 atom stereocenters. The van der Waals surface area contributed by atoms with Crippen LogP contribution in [0.4, 0.5) is 0 Å². The van der Waals surface area contributed by atoms with Gasteiger partial charge in [-0.2, -0.15) is 0 Å². The van der Waals surface area contributed by atoms with Gasteiger partial charge in [-0.25, -0.2) is 0 Å². The number of rotatable bonds is 2. The Kier molecular flexibility index (Phi) is 3.82. The smallest absolute Gasteiger partial charge is 0.0618 e. The highest BCUT2D eigenvalue weighted by atomic mass is 32.2. The van der Waals surface area contributed by atoms with E-state index in [0.717, 1.165) is 0 Å². The molecular formula is C25H22N2S2. The largest absolute Gasteiger partial charge is 0.265 e. The van der Waals surface area contributed by atoms with E-state index in [1.165, 1.54) is 40.2 Å². The summed E-state index contributed by atoms with van der Waals surface area (Å²) in [7, 11) is 0. The van der Waals surface area contributed by atoms with Gasteiger partial charge in [0.25, 0.3) is 0 Å². The van der Waals surface area contributed by atoms with Gasteiger partial charge >= 0.3 is 0 Å². The maximum absolute atomic E-state index is 4.21. The predicted molar refractivity (Wildman–Crippen MR) is 124 cm³/mol. The molecule has 2 aliphatic heterocycles. The summed E-state index contributed by atoms with van der Waals surface area (Å²) in [6, 6.07) is 8.55. The number of nitrogens with zero attached hydrogens (tertiary/aromatic N) is 2. The topological polar surface area (TPSA) is 25.8 Å². The average Bonchev–Trinajstić information content (AvgIpc) is 3.45. The minimum absolute atomic E-state index is 0.0278. The molecule has 29 heavy (non-hydrogen) atoms. The van der Waals surface area contributed by atoms with Gasteiger partial charge in [0.15, 0.2) is 0 Å². The molecule has 0 unspecified atom stereocenters. The van der Waals surface area contributed by atoms with E-state index in [1.807, 2.05) is 48.3 Å². The summed E-state index contributed by atoms with van der Waals surface area (Å²) in [6.45, 7) is 4.94. The standard InChI is InChI=1S/C25H22N2S2/c1-24-20(14-22(28-24)16-6-10-26-11-7-16)18-4-3-5-19(18)21-15-23(29-25(21,24)2)17-8-12-27-13-9-17/h6-15H,3-5H2,1-2H3/t24-,25-/m0/s1. The Balaban J connectivity index is 1.52. The quantitative estimate of drug-likeness (QED) is 0.549. The lowest BCUT2D eigenvalue weighted by Gasteiger charge is -2.47. The van der Waals surface area contributed by atoms with Crippen LogP contribution in [0.15, 0.2) is 83.5 Å². The molecule has 0 spiro atoms. The summed E-state index contributed by atoms with van der Waals surface area (Å²) in [5, 5.41) is 0. The van der Waals surface area contributed by atoms with E-state index in [-0.39, 0.29) is 9.49 Å². The van der Waals surface area contributed by atoms with Gasteiger partial charge in [-0.05, 0) is 103 Å². The van der Waals surface area contributed by atoms with Crippen LogP contribution in [0.25, 0.3) is 9.81 Å². The molecule has 0 radical (unpaired) electrons. The van der Waals surface area contributed by atoms with Gasteiger partial charge in [0.2, 0.25) is 0 Å². The summed E-state index contributed by atoms with van der Waals surface area (Å²) in [5.74, 6) is 0. The van der Waals surface area contributed by atoms with Gasteiger partial charge in [0, 0.05) is 34.6 Å². The van der Waals surface area contributed by atoms with Crippen molar-refractivity contribution in [2.24, 2.45) is 0 Å². The SMILES string of the molecule is C[C@]12SC(c3ccncc3)=CC1=C1CCCC1=C1C=C(c3ccncc3)S[C@@]12C. The zero-order chi connectivity index (χ0) is 19.6. The molecule has 2 aromatic rings. The lowest BCUT2D eigenvalue weighted by atomic mass is 9.72. The number of hydrogen-bond donors (Lipinski definition) is 0. The predicted octanol–water partition coefficient (Wildman–Crippen LogP) is 6.66. The molecule has 2 aromatic heterocycles. The van der Waals surface area contributed by atoms with Gasteiger partial charge in [0.1, 0.15) is 0 Å². The van der Waals surface area contributed by atoms with Crippen LogP contribution < -0.4 is 0 Å². The molecule has 0 bridgehead atoms. The van der Waals surface area contributed by atoms with Crippen molar-refractivity contribution in [1.29, 1.82) is 0 Å². The molecule has 1 saturated carbocycles. The van der Waals surface area contributed by atoms with Gasteiger partial charge in [-0.15, -0.1) is 23.5 Å². The summed E-state index contributed by atoms with van der Waals surface area (Å²) in [4.78, 5) is 11.2. The Morgan fingerprint density at radius 3 is 1.52 bits per heavy atom. The van der Waals surface area contributed by atoms with E-state index in [4.69, 9.17) is 0 Å². The summed E-state index contributed by atoms with van der Waals surface area (Å²) in [6.07, 6.45) is 16.3. The summed E-state index contributed by atoms with van der Waals surface area (Å²) < 4.78 is 0.0557. The molecule has 0 aromatic carbocycles. The highest BCUT2D eigenvalue weighted by Gasteiger charge is 2.59. The Morgan fingerprint density at radius 2 is 1.10 bits per heavy atom. The van der Waals surface area contributed by atoms with E-state index < -0.39 is 0 Å². The van der Waals surface area contributed by atoms with E-state index in [0.29, 0.717) is 0 Å². The highest BCUT2D eigenvalue weighted by Crippen LogP contribution is 2.70. The molecule has 4 heteroatoms. The Labute approximate surface area is 180 Å². The number of aromatic nitrogens is 2. The average molecular weight is 415 g/mol. The maximum Gasteiger partial charge on any atom is 0.0618 e. The van der Waals surface area contributed by atoms with Crippen molar-refractivity contribution >= 4 is 33.3 Å². The number of pyridine rings is 2. The monoisotopic (exact) mass is 414 g/mol. The van der Waals surface area contributed by atoms with Crippen LogP contribution in [0.5, 0.6) is 0 Å². The maximum atomic E-state index is 4.21. The van der Waals surface area contributed by atoms with Crippen LogP contribution in [-0.4, -0.2) is 19.5 Å². The molecule has 4 heterocycles. The molecule has 0 N–H and O–H groups in total. The summed E-state index contributed by atoms with van der Waals surface area (Å²) in [5.41, 5.74) is 8.91. The van der Waals surface area contributed by atoms with Crippen molar-refractivity contribution in [2.45, 2.75) is 42.6 Å². The second-order valence-electron chi connectivity index (χ2n) is 8.40. The second kappa shape index (κ2) is 6.23. The first-order chi connectivity index (χ1) is 14.1. The van der Waals surface area contributed by atoms with Crippen LogP contribution in [0.1, 0.15) is 44.2 Å². The number of allylic oxidation sites excluding steroid dienone is 4.